The highest BCUT2D eigenvalue weighted by Crippen LogP contribution is 2.14. The van der Waals surface area contributed by atoms with Gasteiger partial charge in [0.15, 0.2) is 5.78 Å². The van der Waals surface area contributed by atoms with Crippen molar-refractivity contribution in [2.45, 2.75) is 13.5 Å². The highest BCUT2D eigenvalue weighted by atomic mass is 16.4. The van der Waals surface area contributed by atoms with Crippen molar-refractivity contribution in [1.29, 1.82) is 5.41 Å². The number of aliphatic carboxylic acids is 1. The van der Waals surface area contributed by atoms with Crippen LogP contribution in [0, 0.1) is 5.41 Å². The zero-order valence-electron chi connectivity index (χ0n) is 15.9. The number of carbonyl (C=O) groups is 2. The summed E-state index contributed by atoms with van der Waals surface area (Å²) < 4.78 is 0. The number of carbonyl (C=O) groups excluding carboxylic acids is 1. The van der Waals surface area contributed by atoms with Crippen molar-refractivity contribution in [3.05, 3.63) is 95.2 Å². The molecule has 1 heterocycles. The lowest BCUT2D eigenvalue weighted by Crippen LogP contribution is -2.11. The highest BCUT2D eigenvalue weighted by molar-refractivity contribution is 6.09. The van der Waals surface area contributed by atoms with Crippen molar-refractivity contribution >= 4 is 23.4 Å². The van der Waals surface area contributed by atoms with Crippen LogP contribution < -0.4 is 11.1 Å². The van der Waals surface area contributed by atoms with Gasteiger partial charge in [0.25, 0.3) is 5.97 Å². The number of amidine groups is 1. The number of pyridine rings is 1. The third-order valence-electron chi connectivity index (χ3n) is 3.80. The lowest BCUT2D eigenvalue weighted by atomic mass is 10.0. The molecule has 5 N–H and O–H groups in total. The Balaban J connectivity index is 0.000000687. The number of carboxylic acid groups (broad SMARTS) is 1. The van der Waals surface area contributed by atoms with E-state index in [1.165, 1.54) is 0 Å². The number of anilines is 1. The number of aromatic nitrogens is 1. The Morgan fingerprint density at radius 3 is 2.21 bits per heavy atom. The summed E-state index contributed by atoms with van der Waals surface area (Å²) in [5.74, 6) is -0.178. The Morgan fingerprint density at radius 2 is 1.62 bits per heavy atom. The Labute approximate surface area is 168 Å². The quantitative estimate of drug-likeness (QED) is 0.290. The van der Waals surface area contributed by atoms with Crippen LogP contribution in [0.3, 0.4) is 0 Å². The smallest absolute Gasteiger partial charge is 0.300 e. The monoisotopic (exact) mass is 390 g/mol. The molecule has 148 valence electrons. The molecule has 0 amide bonds. The average Bonchev–Trinajstić information content (AvgIpc) is 2.72. The van der Waals surface area contributed by atoms with Gasteiger partial charge in [-0.2, -0.15) is 0 Å². The number of ketones is 1. The summed E-state index contributed by atoms with van der Waals surface area (Å²) in [6.07, 6.45) is 1.62. The average molecular weight is 390 g/mol. The van der Waals surface area contributed by atoms with Gasteiger partial charge in [-0.3, -0.25) is 15.0 Å². The molecule has 1 aromatic heterocycles. The Morgan fingerprint density at radius 1 is 1.00 bits per heavy atom. The third kappa shape index (κ3) is 6.91. The number of carboxylic acids is 1. The van der Waals surface area contributed by atoms with E-state index in [1.54, 1.807) is 30.5 Å². The Kier molecular flexibility index (Phi) is 7.61. The van der Waals surface area contributed by atoms with E-state index in [-0.39, 0.29) is 11.6 Å². The van der Waals surface area contributed by atoms with E-state index in [0.29, 0.717) is 29.1 Å². The number of hydrogen-bond donors (Lipinski definition) is 4. The maximum absolute atomic E-state index is 12.5. The third-order valence-corrected chi connectivity index (χ3v) is 3.80. The van der Waals surface area contributed by atoms with E-state index in [0.717, 1.165) is 12.5 Å². The zero-order chi connectivity index (χ0) is 21.2. The molecule has 0 radical (unpaired) electrons. The molecule has 3 rings (SSSR count). The predicted octanol–water partition coefficient (Wildman–Crippen LogP) is 3.30. The van der Waals surface area contributed by atoms with Crippen LogP contribution in [-0.2, 0) is 11.3 Å². The summed E-state index contributed by atoms with van der Waals surface area (Å²) in [5, 5.41) is 18.0. The van der Waals surface area contributed by atoms with E-state index >= 15 is 0 Å². The molecule has 29 heavy (non-hydrogen) atoms. The zero-order valence-corrected chi connectivity index (χ0v) is 15.9. The van der Waals surface area contributed by atoms with Crippen molar-refractivity contribution < 1.29 is 14.7 Å². The van der Waals surface area contributed by atoms with Crippen LogP contribution in [0.5, 0.6) is 0 Å². The topological polar surface area (TPSA) is 129 Å². The molecular weight excluding hydrogens is 368 g/mol. The molecule has 0 spiro atoms. The van der Waals surface area contributed by atoms with Gasteiger partial charge in [-0.15, -0.1) is 0 Å². The molecule has 0 saturated heterocycles. The predicted molar refractivity (Wildman–Crippen MR) is 112 cm³/mol. The van der Waals surface area contributed by atoms with Crippen LogP contribution in [0.1, 0.15) is 34.0 Å². The van der Waals surface area contributed by atoms with Crippen molar-refractivity contribution in [3.8, 4) is 0 Å². The minimum atomic E-state index is -0.833. The molecule has 0 atom stereocenters. The van der Waals surface area contributed by atoms with Gasteiger partial charge in [0, 0.05) is 36.4 Å². The Hall–Kier alpha value is -4.00. The van der Waals surface area contributed by atoms with E-state index in [4.69, 9.17) is 21.0 Å². The second-order valence-corrected chi connectivity index (χ2v) is 6.11. The number of nitrogens with zero attached hydrogens (tertiary/aromatic N) is 1. The number of nitrogens with one attached hydrogen (secondary N) is 2. The second kappa shape index (κ2) is 10.4. The van der Waals surface area contributed by atoms with Crippen molar-refractivity contribution in [2.75, 3.05) is 5.32 Å². The van der Waals surface area contributed by atoms with Gasteiger partial charge in [0.1, 0.15) is 11.7 Å². The normalized spacial score (nSPS) is 9.69. The van der Waals surface area contributed by atoms with E-state index in [1.807, 2.05) is 42.5 Å². The van der Waals surface area contributed by atoms with E-state index in [9.17, 15) is 4.79 Å². The summed E-state index contributed by atoms with van der Waals surface area (Å²) in [6, 6.07) is 20.1. The molecule has 0 bridgehead atoms. The van der Waals surface area contributed by atoms with Crippen molar-refractivity contribution in [3.63, 3.8) is 0 Å². The van der Waals surface area contributed by atoms with Gasteiger partial charge in [0.05, 0.1) is 0 Å². The Bertz CT molecular complexity index is 982. The molecule has 7 nitrogen and oxygen atoms in total. The molecule has 2 aromatic carbocycles. The first-order chi connectivity index (χ1) is 13.9. The van der Waals surface area contributed by atoms with E-state index in [2.05, 4.69) is 10.3 Å². The van der Waals surface area contributed by atoms with Crippen LogP contribution in [0.25, 0.3) is 0 Å². The maximum Gasteiger partial charge on any atom is 0.300 e. The van der Waals surface area contributed by atoms with Crippen LogP contribution in [0.15, 0.2) is 72.9 Å². The first-order valence-corrected chi connectivity index (χ1v) is 8.79. The summed E-state index contributed by atoms with van der Waals surface area (Å²) >= 11 is 0. The summed E-state index contributed by atoms with van der Waals surface area (Å²) in [7, 11) is 0. The highest BCUT2D eigenvalue weighted by Gasteiger charge is 2.09. The molecule has 0 saturated carbocycles. The minimum absolute atomic E-state index is 0.0307. The van der Waals surface area contributed by atoms with Crippen LogP contribution >= 0.6 is 0 Å². The van der Waals surface area contributed by atoms with Gasteiger partial charge >= 0.3 is 0 Å². The molecule has 0 fully saturated rings. The second-order valence-electron chi connectivity index (χ2n) is 6.11. The number of rotatable bonds is 6. The molecule has 0 aliphatic heterocycles. The molecule has 0 unspecified atom stereocenters. The first-order valence-electron chi connectivity index (χ1n) is 8.79. The van der Waals surface area contributed by atoms with Crippen LogP contribution in [0.2, 0.25) is 0 Å². The lowest BCUT2D eigenvalue weighted by Gasteiger charge is -2.08. The fourth-order valence-corrected chi connectivity index (χ4v) is 2.42. The molecule has 3 aromatic rings. The summed E-state index contributed by atoms with van der Waals surface area (Å²) in [6.45, 7) is 1.65. The number of nitrogens with two attached hydrogens (primary N) is 1. The fourth-order valence-electron chi connectivity index (χ4n) is 2.42. The van der Waals surface area contributed by atoms with Gasteiger partial charge in [0.2, 0.25) is 0 Å². The van der Waals surface area contributed by atoms with Crippen LogP contribution in [0.4, 0.5) is 5.82 Å². The van der Waals surface area contributed by atoms with Gasteiger partial charge in [-0.1, -0.05) is 54.6 Å². The SMILES string of the molecule is CC(=O)O.N=C(N)c1ccc(CNc2cc(C(=O)c3ccccc3)ccn2)cc1. The largest absolute Gasteiger partial charge is 0.481 e. The molecule has 7 heteroatoms. The molecule has 0 aliphatic rings. The summed E-state index contributed by atoms with van der Waals surface area (Å²) in [4.78, 5) is 25.7. The van der Waals surface area contributed by atoms with Crippen molar-refractivity contribution in [2.24, 2.45) is 5.73 Å². The summed E-state index contributed by atoms with van der Waals surface area (Å²) in [5.41, 5.74) is 8.42. The molecular formula is C22H22N4O3. The minimum Gasteiger partial charge on any atom is -0.481 e. The maximum atomic E-state index is 12.5. The fraction of sp³-hybridized carbons (Fsp3) is 0.0909. The van der Waals surface area contributed by atoms with Gasteiger partial charge < -0.3 is 16.2 Å². The van der Waals surface area contributed by atoms with E-state index < -0.39 is 5.97 Å². The number of hydrogen-bond acceptors (Lipinski definition) is 5. The first kappa shape index (κ1) is 21.3. The standard InChI is InChI=1S/C20H18N4O.C2H4O2/c21-20(22)16-8-6-14(7-9-16)13-24-18-12-17(10-11-23-18)19(25)15-4-2-1-3-5-15;1-2(3)4/h1-12H,13H2,(H3,21,22)(H,23,24);1H3,(H,3,4). The van der Waals surface area contributed by atoms with Crippen molar-refractivity contribution in [1.82, 2.24) is 4.98 Å². The number of nitrogen functional groups attached to an aromatic ring is 1. The number of benzene rings is 2. The van der Waals surface area contributed by atoms with Gasteiger partial charge in [-0.25, -0.2) is 4.98 Å². The van der Waals surface area contributed by atoms with Gasteiger partial charge in [-0.05, 0) is 17.7 Å². The van der Waals surface area contributed by atoms with Crippen LogP contribution in [-0.4, -0.2) is 27.7 Å². The molecule has 0 aliphatic carbocycles. The lowest BCUT2D eigenvalue weighted by molar-refractivity contribution is -0.134.